The molecule has 8 nitrogen and oxygen atoms in total. The van der Waals surface area contributed by atoms with Gasteiger partial charge in [-0.3, -0.25) is 0 Å². The fourth-order valence-corrected chi connectivity index (χ4v) is 0.869. The van der Waals surface area contributed by atoms with Gasteiger partial charge in [-0.2, -0.15) is 0 Å². The Morgan fingerprint density at radius 1 is 0.545 bits per heavy atom. The van der Waals surface area contributed by atoms with Crippen molar-refractivity contribution in [2.45, 2.75) is 6.92 Å². The van der Waals surface area contributed by atoms with Gasteiger partial charge in [0.15, 0.2) is 0 Å². The van der Waals surface area contributed by atoms with Gasteiger partial charge in [0, 0.05) is 20.8 Å². The molecule has 0 saturated heterocycles. The zero-order chi connectivity index (χ0) is 17.3. The summed E-state index contributed by atoms with van der Waals surface area (Å²) in [4.78, 5) is 0. The van der Waals surface area contributed by atoms with Crippen molar-refractivity contribution in [3.63, 3.8) is 0 Å². The third-order valence-corrected chi connectivity index (χ3v) is 1.66. The molecule has 0 heterocycles. The standard InChI is InChI=1S/C10H22O5.C2H6O2.C2H6O/c1-2-12-5-6-14-9-10-15-8-7-13-4-3-11;3-1-2-4;1-3-2/h11H,2-10H2,1H3;3-4H,1-2H2;1-2H3. The molecule has 0 amide bonds. The lowest BCUT2D eigenvalue weighted by Crippen LogP contribution is -2.12. The van der Waals surface area contributed by atoms with E-state index in [0.29, 0.717) is 46.2 Å². The highest BCUT2D eigenvalue weighted by Gasteiger charge is 1.91. The fourth-order valence-electron chi connectivity index (χ4n) is 0.869. The summed E-state index contributed by atoms with van der Waals surface area (Å²) in [6.45, 7) is 6.29. The number of hydrogen-bond acceptors (Lipinski definition) is 8. The Balaban J connectivity index is -0.000000432. The van der Waals surface area contributed by atoms with Crippen molar-refractivity contribution in [1.29, 1.82) is 0 Å². The molecule has 0 aliphatic heterocycles. The highest BCUT2D eigenvalue weighted by atomic mass is 16.6. The predicted octanol–water partition coefficient (Wildman–Crippen LogP) is -0.701. The number of hydrogen-bond donors (Lipinski definition) is 3. The molecule has 0 aromatic rings. The highest BCUT2D eigenvalue weighted by molar-refractivity contribution is 4.34. The molecule has 0 saturated carbocycles. The summed E-state index contributed by atoms with van der Waals surface area (Å²) in [6, 6.07) is 0. The maximum Gasteiger partial charge on any atom is 0.0701 e. The lowest BCUT2D eigenvalue weighted by Gasteiger charge is -2.06. The molecule has 0 aliphatic carbocycles. The van der Waals surface area contributed by atoms with Crippen molar-refractivity contribution < 1.29 is 39.0 Å². The van der Waals surface area contributed by atoms with Crippen LogP contribution in [0.2, 0.25) is 0 Å². The molecule has 0 aromatic carbocycles. The molecule has 0 unspecified atom stereocenters. The topological polar surface area (TPSA) is 107 Å². The van der Waals surface area contributed by atoms with Crippen LogP contribution < -0.4 is 0 Å². The van der Waals surface area contributed by atoms with E-state index < -0.39 is 0 Å². The molecular weight excluding hydrogens is 296 g/mol. The van der Waals surface area contributed by atoms with Crippen molar-refractivity contribution in [2.24, 2.45) is 0 Å². The number of rotatable bonds is 13. The van der Waals surface area contributed by atoms with E-state index >= 15 is 0 Å². The van der Waals surface area contributed by atoms with Gasteiger partial charge in [-0.1, -0.05) is 0 Å². The van der Waals surface area contributed by atoms with Gasteiger partial charge < -0.3 is 39.0 Å². The molecule has 0 aliphatic rings. The summed E-state index contributed by atoms with van der Waals surface area (Å²) in [7, 11) is 3.25. The molecule has 0 spiro atoms. The number of aliphatic hydroxyl groups excluding tert-OH is 3. The third kappa shape index (κ3) is 42.7. The zero-order valence-corrected chi connectivity index (χ0v) is 14.2. The monoisotopic (exact) mass is 330 g/mol. The van der Waals surface area contributed by atoms with E-state index in [1.54, 1.807) is 14.2 Å². The lowest BCUT2D eigenvalue weighted by molar-refractivity contribution is -0.00438. The minimum absolute atomic E-state index is 0.0561. The molecule has 138 valence electrons. The van der Waals surface area contributed by atoms with Crippen LogP contribution in [-0.4, -0.2) is 102 Å². The summed E-state index contributed by atoms with van der Waals surface area (Å²) < 4.78 is 24.8. The minimum atomic E-state index is -0.125. The van der Waals surface area contributed by atoms with Gasteiger partial charge in [0.1, 0.15) is 0 Å². The largest absolute Gasteiger partial charge is 0.394 e. The van der Waals surface area contributed by atoms with E-state index in [0.717, 1.165) is 6.61 Å². The van der Waals surface area contributed by atoms with Gasteiger partial charge in [-0.25, -0.2) is 0 Å². The van der Waals surface area contributed by atoms with E-state index in [1.807, 2.05) is 6.92 Å². The molecule has 0 rings (SSSR count). The van der Waals surface area contributed by atoms with Crippen LogP contribution in [0.4, 0.5) is 0 Å². The van der Waals surface area contributed by atoms with Crippen LogP contribution >= 0.6 is 0 Å². The summed E-state index contributed by atoms with van der Waals surface area (Å²) in [5.41, 5.74) is 0. The Morgan fingerprint density at radius 3 is 1.14 bits per heavy atom. The fraction of sp³-hybridized carbons (Fsp3) is 1.00. The number of ether oxygens (including phenoxy) is 5. The van der Waals surface area contributed by atoms with Crippen molar-refractivity contribution in [1.82, 2.24) is 0 Å². The molecular formula is C14H34O8. The maximum atomic E-state index is 8.41. The predicted molar refractivity (Wildman–Crippen MR) is 83.1 cm³/mol. The third-order valence-electron chi connectivity index (χ3n) is 1.66. The van der Waals surface area contributed by atoms with Crippen LogP contribution in [0.1, 0.15) is 6.92 Å². The summed E-state index contributed by atoms with van der Waals surface area (Å²) >= 11 is 0. The first-order chi connectivity index (χ1) is 10.7. The van der Waals surface area contributed by atoms with E-state index in [1.165, 1.54) is 0 Å². The quantitative estimate of drug-likeness (QED) is 0.381. The Morgan fingerprint density at radius 2 is 0.864 bits per heavy atom. The summed E-state index contributed by atoms with van der Waals surface area (Å²) in [5, 5.41) is 23.7. The molecule has 0 aromatic heterocycles. The summed E-state index contributed by atoms with van der Waals surface area (Å²) in [6.07, 6.45) is 0. The number of methoxy groups -OCH3 is 1. The van der Waals surface area contributed by atoms with Gasteiger partial charge in [-0.05, 0) is 6.92 Å². The van der Waals surface area contributed by atoms with Crippen molar-refractivity contribution >= 4 is 0 Å². The molecule has 0 bridgehead atoms. The lowest BCUT2D eigenvalue weighted by atomic mass is 10.7. The molecule has 3 N–H and O–H groups in total. The van der Waals surface area contributed by atoms with Crippen LogP contribution in [0.5, 0.6) is 0 Å². The van der Waals surface area contributed by atoms with Gasteiger partial charge in [0.2, 0.25) is 0 Å². The van der Waals surface area contributed by atoms with E-state index in [4.69, 9.17) is 34.3 Å². The first-order valence-electron chi connectivity index (χ1n) is 7.28. The van der Waals surface area contributed by atoms with Gasteiger partial charge in [0.05, 0.1) is 66.1 Å². The number of aliphatic hydroxyl groups is 3. The van der Waals surface area contributed by atoms with E-state index in [2.05, 4.69) is 4.74 Å². The van der Waals surface area contributed by atoms with Crippen LogP contribution in [0, 0.1) is 0 Å². The first kappa shape index (κ1) is 26.6. The van der Waals surface area contributed by atoms with E-state index in [-0.39, 0.29) is 19.8 Å². The van der Waals surface area contributed by atoms with E-state index in [9.17, 15) is 0 Å². The second-order valence-corrected chi connectivity index (χ2v) is 3.61. The Bertz CT molecular complexity index is 135. The molecule has 8 heteroatoms. The first-order valence-corrected chi connectivity index (χ1v) is 7.28. The van der Waals surface area contributed by atoms with Gasteiger partial charge in [0.25, 0.3) is 0 Å². The SMILES string of the molecule is CCOCCOCCOCCOCCO.COC.OCCO. The minimum Gasteiger partial charge on any atom is -0.394 e. The van der Waals surface area contributed by atoms with Gasteiger partial charge >= 0.3 is 0 Å². The van der Waals surface area contributed by atoms with Crippen molar-refractivity contribution in [3.05, 3.63) is 0 Å². The molecule has 0 atom stereocenters. The smallest absolute Gasteiger partial charge is 0.0701 e. The van der Waals surface area contributed by atoms with Crippen LogP contribution in [0.3, 0.4) is 0 Å². The zero-order valence-electron chi connectivity index (χ0n) is 14.2. The average Bonchev–Trinajstić information content (AvgIpc) is 2.54. The average molecular weight is 330 g/mol. The normalized spacial score (nSPS) is 9.55. The van der Waals surface area contributed by atoms with Crippen LogP contribution in [0.25, 0.3) is 0 Å². The Kier molecular flexibility index (Phi) is 39.3. The van der Waals surface area contributed by atoms with Crippen LogP contribution in [-0.2, 0) is 23.7 Å². The molecule has 0 fully saturated rings. The van der Waals surface area contributed by atoms with Crippen molar-refractivity contribution in [3.8, 4) is 0 Å². The Hall–Kier alpha value is -0.320. The van der Waals surface area contributed by atoms with Crippen LogP contribution in [0.15, 0.2) is 0 Å². The maximum absolute atomic E-state index is 8.41. The second-order valence-electron chi connectivity index (χ2n) is 3.61. The van der Waals surface area contributed by atoms with Gasteiger partial charge in [-0.15, -0.1) is 0 Å². The molecule has 22 heavy (non-hydrogen) atoms. The molecule has 0 radical (unpaired) electrons. The van der Waals surface area contributed by atoms with Crippen molar-refractivity contribution in [2.75, 3.05) is 86.9 Å². The Labute approximate surface area is 133 Å². The summed E-state index contributed by atoms with van der Waals surface area (Å²) in [5.74, 6) is 0. The highest BCUT2D eigenvalue weighted by Crippen LogP contribution is 1.82. The second kappa shape index (κ2) is 32.6.